The topological polar surface area (TPSA) is 81.8 Å². The molecule has 25 heavy (non-hydrogen) atoms. The molecule has 0 spiro atoms. The van der Waals surface area contributed by atoms with E-state index < -0.39 is 0 Å². The smallest absolute Gasteiger partial charge is 0.244 e. The Morgan fingerprint density at radius 1 is 1.40 bits per heavy atom. The summed E-state index contributed by atoms with van der Waals surface area (Å²) >= 11 is 6.68. The maximum absolute atomic E-state index is 12.0. The Kier molecular flexibility index (Phi) is 8.32. The Bertz CT molecular complexity index is 560. The lowest BCUT2D eigenvalue weighted by Gasteiger charge is -2.26. The monoisotopic (exact) mass is 386 g/mol. The summed E-state index contributed by atoms with van der Waals surface area (Å²) < 4.78 is 5.34. The summed E-state index contributed by atoms with van der Waals surface area (Å²) in [6.07, 6.45) is 1.20. The molecular weight excluding hydrogens is 360 g/mol. The number of ether oxygens (including phenoxy) is 1. The van der Waals surface area contributed by atoms with Gasteiger partial charge in [0.2, 0.25) is 5.91 Å². The molecule has 0 aliphatic carbocycles. The molecule has 140 valence electrons. The first-order valence-electron chi connectivity index (χ1n) is 8.29. The quantitative estimate of drug-likeness (QED) is 0.342. The molecule has 1 aromatic heterocycles. The molecule has 0 saturated carbocycles. The second-order valence-electron chi connectivity index (χ2n) is 5.98. The van der Waals surface area contributed by atoms with Crippen LogP contribution in [0.25, 0.3) is 0 Å². The van der Waals surface area contributed by atoms with E-state index >= 15 is 0 Å². The molecule has 2 heterocycles. The number of hydrogen-bond acceptors (Lipinski definition) is 7. The number of morpholine rings is 1. The third-order valence-electron chi connectivity index (χ3n) is 3.55. The lowest BCUT2D eigenvalue weighted by Crippen LogP contribution is -2.47. The molecule has 0 atom stereocenters. The van der Waals surface area contributed by atoms with Gasteiger partial charge in [-0.25, -0.2) is 4.98 Å². The average Bonchev–Trinajstić information content (AvgIpc) is 3.06. The Morgan fingerprint density at radius 3 is 2.88 bits per heavy atom. The van der Waals surface area contributed by atoms with Gasteiger partial charge in [0, 0.05) is 25.0 Å². The largest absolute Gasteiger partial charge is 0.378 e. The minimum atomic E-state index is -0.170. The van der Waals surface area contributed by atoms with Crippen LogP contribution in [0.4, 0.5) is 5.13 Å². The normalized spacial score (nSPS) is 14.4. The number of nitrogens with one attached hydrogen (secondary N) is 3. The molecule has 3 N–H and O–H groups in total. The molecule has 8 nitrogen and oxygen atoms in total. The fraction of sp³-hybridized carbons (Fsp3) is 0.667. The number of amides is 1. The highest BCUT2D eigenvalue weighted by atomic mass is 32.1. The molecule has 1 aliphatic heterocycles. The number of carbonyl (C=O) groups excluding carboxylic acids is 1. The Hall–Kier alpha value is -1.49. The van der Waals surface area contributed by atoms with E-state index in [1.807, 2.05) is 19.5 Å². The number of rotatable bonds is 7. The predicted molar refractivity (Wildman–Crippen MR) is 104 cm³/mol. The van der Waals surface area contributed by atoms with Crippen molar-refractivity contribution in [2.24, 2.45) is 0 Å². The fourth-order valence-corrected chi connectivity index (χ4v) is 3.29. The highest BCUT2D eigenvalue weighted by Gasteiger charge is 2.15. The lowest BCUT2D eigenvalue weighted by atomic mass is 10.3. The number of hydrazine groups is 1. The van der Waals surface area contributed by atoms with Crippen molar-refractivity contribution >= 4 is 39.7 Å². The standard InChI is InChI=1S/C15H26N6O2S2/c1-20(2)5-3-4-16-14(24)19-18-13(22)10-12-11-25-15(17-12)21-6-8-23-9-7-21/h11H,3-10H2,1-2H3,(H,18,22)(H2,16,19,24). The molecular formula is C15H26N6O2S2. The first-order valence-corrected chi connectivity index (χ1v) is 9.58. The highest BCUT2D eigenvalue weighted by Crippen LogP contribution is 2.21. The van der Waals surface area contributed by atoms with Gasteiger partial charge < -0.3 is 19.9 Å². The van der Waals surface area contributed by atoms with Crippen LogP contribution in [0.15, 0.2) is 5.38 Å². The van der Waals surface area contributed by atoms with Crippen LogP contribution in [0.3, 0.4) is 0 Å². The molecule has 2 rings (SSSR count). The zero-order valence-electron chi connectivity index (χ0n) is 14.7. The van der Waals surface area contributed by atoms with E-state index in [1.54, 1.807) is 11.3 Å². The summed E-state index contributed by atoms with van der Waals surface area (Å²) in [5.74, 6) is -0.170. The van der Waals surface area contributed by atoms with Crippen molar-refractivity contribution in [2.45, 2.75) is 12.8 Å². The van der Waals surface area contributed by atoms with Crippen LogP contribution in [0.5, 0.6) is 0 Å². The summed E-state index contributed by atoms with van der Waals surface area (Å²) in [4.78, 5) is 20.8. The molecule has 1 aromatic rings. The second-order valence-corrected chi connectivity index (χ2v) is 7.23. The zero-order chi connectivity index (χ0) is 18.1. The minimum absolute atomic E-state index is 0.170. The van der Waals surface area contributed by atoms with Crippen molar-refractivity contribution in [3.05, 3.63) is 11.1 Å². The number of thiazole rings is 1. The van der Waals surface area contributed by atoms with E-state index in [4.69, 9.17) is 17.0 Å². The first kappa shape index (κ1) is 19.8. The third kappa shape index (κ3) is 7.51. The third-order valence-corrected chi connectivity index (χ3v) is 4.74. The van der Waals surface area contributed by atoms with Gasteiger partial charge >= 0.3 is 0 Å². The molecule has 0 unspecified atom stereocenters. The number of thiocarbonyl (C=S) groups is 1. The molecule has 1 fully saturated rings. The van der Waals surface area contributed by atoms with Crippen LogP contribution in [0, 0.1) is 0 Å². The van der Waals surface area contributed by atoms with E-state index in [-0.39, 0.29) is 12.3 Å². The van der Waals surface area contributed by atoms with Crippen LogP contribution in [0.1, 0.15) is 12.1 Å². The van der Waals surface area contributed by atoms with Gasteiger partial charge in [-0.1, -0.05) is 0 Å². The fourth-order valence-electron chi connectivity index (χ4n) is 2.25. The van der Waals surface area contributed by atoms with Gasteiger partial charge in [-0.3, -0.25) is 15.6 Å². The number of anilines is 1. The van der Waals surface area contributed by atoms with E-state index in [9.17, 15) is 4.79 Å². The maximum Gasteiger partial charge on any atom is 0.244 e. The highest BCUT2D eigenvalue weighted by molar-refractivity contribution is 7.80. The number of hydrogen-bond donors (Lipinski definition) is 3. The maximum atomic E-state index is 12.0. The Balaban J connectivity index is 1.64. The Morgan fingerprint density at radius 2 is 2.16 bits per heavy atom. The average molecular weight is 387 g/mol. The Labute approximate surface area is 157 Å². The van der Waals surface area contributed by atoms with Gasteiger partial charge in [0.1, 0.15) is 0 Å². The van der Waals surface area contributed by atoms with Crippen LogP contribution in [0.2, 0.25) is 0 Å². The van der Waals surface area contributed by atoms with Crippen molar-refractivity contribution in [3.8, 4) is 0 Å². The molecule has 1 aliphatic rings. The predicted octanol–water partition coefficient (Wildman–Crippen LogP) is -0.0308. The van der Waals surface area contributed by atoms with Crippen molar-refractivity contribution in [1.82, 2.24) is 26.1 Å². The molecule has 0 aromatic carbocycles. The van der Waals surface area contributed by atoms with Crippen molar-refractivity contribution in [1.29, 1.82) is 0 Å². The van der Waals surface area contributed by atoms with Crippen molar-refractivity contribution < 1.29 is 9.53 Å². The SMILES string of the molecule is CN(C)CCCNC(=S)NNC(=O)Cc1csc(N2CCOCC2)n1. The van der Waals surface area contributed by atoms with Gasteiger partial charge in [0.05, 0.1) is 25.3 Å². The summed E-state index contributed by atoms with van der Waals surface area (Å²) in [7, 11) is 4.06. The minimum Gasteiger partial charge on any atom is -0.378 e. The van der Waals surface area contributed by atoms with Gasteiger partial charge in [0.25, 0.3) is 0 Å². The van der Waals surface area contributed by atoms with Crippen LogP contribution < -0.4 is 21.1 Å². The van der Waals surface area contributed by atoms with Gasteiger partial charge in [-0.2, -0.15) is 0 Å². The zero-order valence-corrected chi connectivity index (χ0v) is 16.3. The van der Waals surface area contributed by atoms with E-state index in [2.05, 4.69) is 31.0 Å². The number of carbonyl (C=O) groups is 1. The number of aromatic nitrogens is 1. The van der Waals surface area contributed by atoms with Crippen molar-refractivity contribution in [3.63, 3.8) is 0 Å². The van der Waals surface area contributed by atoms with Gasteiger partial charge in [-0.05, 0) is 39.3 Å². The van der Waals surface area contributed by atoms with Crippen LogP contribution in [-0.2, 0) is 16.0 Å². The molecule has 0 bridgehead atoms. The lowest BCUT2D eigenvalue weighted by molar-refractivity contribution is -0.121. The van der Waals surface area contributed by atoms with Gasteiger partial charge in [-0.15, -0.1) is 11.3 Å². The molecule has 0 radical (unpaired) electrons. The van der Waals surface area contributed by atoms with Gasteiger partial charge in [0.15, 0.2) is 10.2 Å². The molecule has 1 amide bonds. The van der Waals surface area contributed by atoms with Crippen molar-refractivity contribution in [2.75, 3.05) is 58.4 Å². The summed E-state index contributed by atoms with van der Waals surface area (Å²) in [5, 5.41) is 6.33. The first-order chi connectivity index (χ1) is 12.0. The summed E-state index contributed by atoms with van der Waals surface area (Å²) in [6.45, 7) is 4.87. The summed E-state index contributed by atoms with van der Waals surface area (Å²) in [5.41, 5.74) is 6.07. The number of nitrogens with zero attached hydrogens (tertiary/aromatic N) is 3. The van der Waals surface area contributed by atoms with Crippen LogP contribution >= 0.6 is 23.6 Å². The van der Waals surface area contributed by atoms with E-state index in [0.29, 0.717) is 5.11 Å². The summed E-state index contributed by atoms with van der Waals surface area (Å²) in [6, 6.07) is 0. The second kappa shape index (κ2) is 10.5. The van der Waals surface area contributed by atoms with E-state index in [0.717, 1.165) is 56.6 Å². The van der Waals surface area contributed by atoms with E-state index in [1.165, 1.54) is 0 Å². The molecule has 10 heteroatoms. The molecule has 1 saturated heterocycles. The van der Waals surface area contributed by atoms with Crippen LogP contribution in [-0.4, -0.2) is 74.4 Å².